The van der Waals surface area contributed by atoms with Crippen LogP contribution in [0.15, 0.2) is 36.4 Å². The van der Waals surface area contributed by atoms with Crippen LogP contribution in [0.3, 0.4) is 0 Å². The molecule has 0 aliphatic heterocycles. The molecule has 4 rings (SSSR count). The van der Waals surface area contributed by atoms with Crippen LogP contribution < -0.4 is 0 Å². The molecule has 20 heavy (non-hydrogen) atoms. The molecule has 0 aromatic heterocycles. The van der Waals surface area contributed by atoms with Crippen molar-refractivity contribution in [3.63, 3.8) is 0 Å². The van der Waals surface area contributed by atoms with E-state index in [0.29, 0.717) is 5.92 Å². The quantitative estimate of drug-likeness (QED) is 0.678. The van der Waals surface area contributed by atoms with Crippen molar-refractivity contribution in [2.24, 2.45) is 5.92 Å². The summed E-state index contributed by atoms with van der Waals surface area (Å²) in [5.41, 5.74) is 7.56. The number of rotatable bonds is 2. The molecule has 2 aliphatic carbocycles. The van der Waals surface area contributed by atoms with Crippen molar-refractivity contribution >= 4 is 22.4 Å². The topological polar surface area (TPSA) is 0 Å². The van der Waals surface area contributed by atoms with E-state index in [-0.39, 0.29) is 0 Å². The van der Waals surface area contributed by atoms with Crippen LogP contribution in [0.1, 0.15) is 42.5 Å². The van der Waals surface area contributed by atoms with E-state index in [2.05, 4.69) is 56.3 Å². The zero-order chi connectivity index (χ0) is 13.7. The molecule has 0 radical (unpaired) electrons. The zero-order valence-corrected chi connectivity index (χ0v) is 12.2. The molecular weight excluding hydrogens is 240 g/mol. The molecule has 2 aromatic rings. The van der Waals surface area contributed by atoms with E-state index in [9.17, 15) is 0 Å². The third-order valence-electron chi connectivity index (χ3n) is 4.52. The second-order valence-corrected chi connectivity index (χ2v) is 6.48. The Labute approximate surface area is 120 Å². The van der Waals surface area contributed by atoms with Gasteiger partial charge in [0.1, 0.15) is 0 Å². The SMILES string of the molecule is CC(C)Cc1cc2cccc3c2c2c1C=CCC2=CC3. The van der Waals surface area contributed by atoms with Crippen LogP contribution in [-0.2, 0) is 12.8 Å². The predicted molar refractivity (Wildman–Crippen MR) is 87.8 cm³/mol. The van der Waals surface area contributed by atoms with Gasteiger partial charge in [0, 0.05) is 0 Å². The monoisotopic (exact) mass is 260 g/mol. The van der Waals surface area contributed by atoms with Crippen LogP contribution in [0.5, 0.6) is 0 Å². The molecule has 0 atom stereocenters. The Hall–Kier alpha value is -1.82. The molecule has 100 valence electrons. The van der Waals surface area contributed by atoms with Gasteiger partial charge in [-0.25, -0.2) is 0 Å². The van der Waals surface area contributed by atoms with Crippen LogP contribution in [0, 0.1) is 5.92 Å². The number of hydrogen-bond acceptors (Lipinski definition) is 0. The van der Waals surface area contributed by atoms with Crippen LogP contribution >= 0.6 is 0 Å². The van der Waals surface area contributed by atoms with Crippen LogP contribution in [0.25, 0.3) is 22.4 Å². The van der Waals surface area contributed by atoms with Gasteiger partial charge in [-0.1, -0.05) is 56.3 Å². The van der Waals surface area contributed by atoms with E-state index in [1.807, 2.05) is 0 Å². The van der Waals surface area contributed by atoms with E-state index in [4.69, 9.17) is 0 Å². The first kappa shape index (κ1) is 12.0. The Morgan fingerprint density at radius 1 is 1.15 bits per heavy atom. The molecule has 0 spiro atoms. The van der Waals surface area contributed by atoms with E-state index in [0.717, 1.165) is 12.8 Å². The number of hydrogen-bond donors (Lipinski definition) is 0. The molecule has 0 bridgehead atoms. The summed E-state index contributed by atoms with van der Waals surface area (Å²) in [6, 6.07) is 9.21. The maximum absolute atomic E-state index is 2.43. The summed E-state index contributed by atoms with van der Waals surface area (Å²) in [5.74, 6) is 0.699. The van der Waals surface area contributed by atoms with E-state index >= 15 is 0 Å². The lowest BCUT2D eigenvalue weighted by Gasteiger charge is -2.26. The van der Waals surface area contributed by atoms with Gasteiger partial charge in [0.2, 0.25) is 0 Å². The summed E-state index contributed by atoms with van der Waals surface area (Å²) >= 11 is 0. The molecular formula is C20H20. The zero-order valence-electron chi connectivity index (χ0n) is 12.2. The summed E-state index contributed by atoms with van der Waals surface area (Å²) in [4.78, 5) is 0. The fraction of sp³-hybridized carbons (Fsp3) is 0.300. The third-order valence-corrected chi connectivity index (χ3v) is 4.52. The molecule has 0 amide bonds. The lowest BCUT2D eigenvalue weighted by molar-refractivity contribution is 0.647. The van der Waals surface area contributed by atoms with Gasteiger partial charge in [-0.15, -0.1) is 0 Å². The molecule has 0 heteroatoms. The summed E-state index contributed by atoms with van der Waals surface area (Å²) in [6.07, 6.45) is 10.5. The van der Waals surface area contributed by atoms with Crippen molar-refractivity contribution in [2.75, 3.05) is 0 Å². The summed E-state index contributed by atoms with van der Waals surface area (Å²) < 4.78 is 0. The Balaban J connectivity index is 2.10. The van der Waals surface area contributed by atoms with Crippen LogP contribution in [0.4, 0.5) is 0 Å². The minimum Gasteiger partial charge on any atom is -0.0795 e. The Morgan fingerprint density at radius 3 is 2.90 bits per heavy atom. The highest BCUT2D eigenvalue weighted by Gasteiger charge is 2.21. The van der Waals surface area contributed by atoms with Gasteiger partial charge < -0.3 is 0 Å². The second-order valence-electron chi connectivity index (χ2n) is 6.48. The minimum atomic E-state index is 0.699. The van der Waals surface area contributed by atoms with Gasteiger partial charge in [-0.2, -0.15) is 0 Å². The van der Waals surface area contributed by atoms with Crippen molar-refractivity contribution in [3.8, 4) is 0 Å². The maximum Gasteiger partial charge on any atom is -0.00672 e. The lowest BCUT2D eigenvalue weighted by Crippen LogP contribution is -2.07. The molecule has 2 aliphatic rings. The number of benzene rings is 2. The lowest BCUT2D eigenvalue weighted by atomic mass is 9.78. The first-order valence-corrected chi connectivity index (χ1v) is 7.67. The van der Waals surface area contributed by atoms with Crippen molar-refractivity contribution in [3.05, 3.63) is 58.7 Å². The molecule has 0 unspecified atom stereocenters. The number of allylic oxidation sites excluding steroid dienone is 3. The van der Waals surface area contributed by atoms with E-state index in [1.165, 1.54) is 45.0 Å². The van der Waals surface area contributed by atoms with Crippen molar-refractivity contribution in [2.45, 2.75) is 33.1 Å². The second kappa shape index (κ2) is 4.34. The molecule has 0 saturated carbocycles. The van der Waals surface area contributed by atoms with Gasteiger partial charge in [0.25, 0.3) is 0 Å². The average molecular weight is 260 g/mol. The van der Waals surface area contributed by atoms with Crippen molar-refractivity contribution < 1.29 is 0 Å². The van der Waals surface area contributed by atoms with Gasteiger partial charge >= 0.3 is 0 Å². The summed E-state index contributed by atoms with van der Waals surface area (Å²) in [7, 11) is 0. The Morgan fingerprint density at radius 2 is 2.05 bits per heavy atom. The summed E-state index contributed by atoms with van der Waals surface area (Å²) in [6.45, 7) is 4.62. The summed E-state index contributed by atoms with van der Waals surface area (Å²) in [5, 5.41) is 2.94. The highest BCUT2D eigenvalue weighted by atomic mass is 14.3. The molecule has 0 fully saturated rings. The van der Waals surface area contributed by atoms with Gasteiger partial charge in [-0.3, -0.25) is 0 Å². The first-order valence-electron chi connectivity index (χ1n) is 7.67. The van der Waals surface area contributed by atoms with E-state index < -0.39 is 0 Å². The highest BCUT2D eigenvalue weighted by molar-refractivity contribution is 6.03. The Kier molecular flexibility index (Phi) is 2.60. The molecule has 0 heterocycles. The van der Waals surface area contributed by atoms with E-state index in [1.54, 1.807) is 0 Å². The Bertz CT molecular complexity index is 757. The van der Waals surface area contributed by atoms with Crippen molar-refractivity contribution in [1.82, 2.24) is 0 Å². The standard InChI is InChI=1S/C20H20/c1-13(2)11-17-12-16-7-3-5-14-9-10-15-6-4-8-18(17)20(15)19(14)16/h3-5,7-8,10,12-13H,6,9,11H2,1-2H3. The molecule has 0 nitrogen and oxygen atoms in total. The maximum atomic E-state index is 2.43. The van der Waals surface area contributed by atoms with Gasteiger partial charge in [0.15, 0.2) is 0 Å². The minimum absolute atomic E-state index is 0.699. The highest BCUT2D eigenvalue weighted by Crippen LogP contribution is 2.42. The third kappa shape index (κ3) is 1.67. The molecule has 0 N–H and O–H groups in total. The molecule has 0 saturated heterocycles. The fourth-order valence-corrected chi connectivity index (χ4v) is 3.73. The van der Waals surface area contributed by atoms with Crippen LogP contribution in [-0.4, -0.2) is 0 Å². The fourth-order valence-electron chi connectivity index (χ4n) is 3.73. The predicted octanol–water partition coefficient (Wildman–Crippen LogP) is 5.39. The largest absolute Gasteiger partial charge is 0.0795 e. The normalized spacial score (nSPS) is 15.8. The van der Waals surface area contributed by atoms with Crippen molar-refractivity contribution in [1.29, 1.82) is 0 Å². The van der Waals surface area contributed by atoms with Gasteiger partial charge in [-0.05, 0) is 63.8 Å². The van der Waals surface area contributed by atoms with Gasteiger partial charge in [0.05, 0.1) is 0 Å². The smallest absolute Gasteiger partial charge is 0.00672 e. The van der Waals surface area contributed by atoms with Crippen LogP contribution in [0.2, 0.25) is 0 Å². The average Bonchev–Trinajstić information content (AvgIpc) is 2.45. The molecule has 2 aromatic carbocycles. The first-order chi connectivity index (χ1) is 9.74.